The Morgan fingerprint density at radius 3 is 2.86 bits per heavy atom. The lowest BCUT2D eigenvalue weighted by molar-refractivity contribution is -0.123. The summed E-state index contributed by atoms with van der Waals surface area (Å²) in [6, 6.07) is -0.0551. The van der Waals surface area contributed by atoms with Crippen molar-refractivity contribution in [1.29, 1.82) is 0 Å². The topological polar surface area (TPSA) is 129 Å². The van der Waals surface area contributed by atoms with E-state index in [0.29, 0.717) is 31.8 Å². The number of amides is 2. The third-order valence-electron chi connectivity index (χ3n) is 4.48. The van der Waals surface area contributed by atoms with Gasteiger partial charge < -0.3 is 15.3 Å². The Hall–Kier alpha value is -2.32. The van der Waals surface area contributed by atoms with Gasteiger partial charge in [0.1, 0.15) is 0 Å². The van der Waals surface area contributed by atoms with E-state index in [1.165, 1.54) is 4.90 Å². The molecule has 3 heterocycles. The van der Waals surface area contributed by atoms with E-state index < -0.39 is 11.8 Å². The molecule has 3 N–H and O–H groups in total. The van der Waals surface area contributed by atoms with Crippen LogP contribution in [0.1, 0.15) is 25.1 Å². The standard InChI is InChI=1S/C13H18N4O5/c18-11-7(3-1-2-4-10-15-12(19)22-16-10)8-5-17(13(20)21)6-9(8)14-11/h7-9H,1-6H2,(H,14,18)(H,20,21)(H,15,16,19)/t7-,8+,9-/m1/s1. The van der Waals surface area contributed by atoms with E-state index in [1.54, 1.807) is 0 Å². The minimum Gasteiger partial charge on any atom is -0.465 e. The van der Waals surface area contributed by atoms with Crippen LogP contribution in [0.5, 0.6) is 0 Å². The van der Waals surface area contributed by atoms with Gasteiger partial charge in [-0.2, -0.15) is 0 Å². The zero-order valence-corrected chi connectivity index (χ0v) is 11.9. The smallest absolute Gasteiger partial charge is 0.438 e. The molecule has 22 heavy (non-hydrogen) atoms. The molecule has 0 saturated carbocycles. The summed E-state index contributed by atoms with van der Waals surface area (Å²) in [7, 11) is 0. The molecule has 0 unspecified atom stereocenters. The van der Waals surface area contributed by atoms with E-state index in [0.717, 1.165) is 12.8 Å². The van der Waals surface area contributed by atoms with Crippen LogP contribution >= 0.6 is 0 Å². The van der Waals surface area contributed by atoms with Crippen molar-refractivity contribution in [3.63, 3.8) is 0 Å². The molecular formula is C13H18N4O5. The van der Waals surface area contributed by atoms with Crippen molar-refractivity contribution in [1.82, 2.24) is 20.4 Å². The van der Waals surface area contributed by atoms with E-state index >= 15 is 0 Å². The predicted octanol–water partition coefficient (Wildman–Crippen LogP) is -0.200. The molecule has 2 fully saturated rings. The summed E-state index contributed by atoms with van der Waals surface area (Å²) in [6.07, 6.45) is 1.96. The molecule has 9 heteroatoms. The third kappa shape index (κ3) is 2.83. The number of aryl methyl sites for hydroxylation is 1. The molecule has 0 aromatic carbocycles. The molecule has 0 radical (unpaired) electrons. The van der Waals surface area contributed by atoms with Gasteiger partial charge in [-0.3, -0.25) is 14.3 Å². The average molecular weight is 310 g/mol. The second-order valence-corrected chi connectivity index (χ2v) is 5.86. The highest BCUT2D eigenvalue weighted by Gasteiger charge is 2.48. The number of nitrogens with zero attached hydrogens (tertiary/aromatic N) is 2. The van der Waals surface area contributed by atoms with Crippen LogP contribution in [0.2, 0.25) is 0 Å². The van der Waals surface area contributed by atoms with Crippen molar-refractivity contribution in [2.24, 2.45) is 11.8 Å². The summed E-state index contributed by atoms with van der Waals surface area (Å²) in [5, 5.41) is 15.5. The quantitative estimate of drug-likeness (QED) is 0.646. The van der Waals surface area contributed by atoms with Crippen molar-refractivity contribution >= 4 is 12.0 Å². The van der Waals surface area contributed by atoms with E-state index in [1.807, 2.05) is 0 Å². The Morgan fingerprint density at radius 1 is 1.36 bits per heavy atom. The first kappa shape index (κ1) is 14.6. The molecule has 1 aromatic heterocycles. The van der Waals surface area contributed by atoms with Crippen LogP contribution in [0.25, 0.3) is 0 Å². The number of unbranched alkanes of at least 4 members (excludes halogenated alkanes) is 1. The second kappa shape index (κ2) is 5.82. The summed E-state index contributed by atoms with van der Waals surface area (Å²) in [5.74, 6) is -0.0968. The maximum atomic E-state index is 12.0. The Balaban J connectivity index is 1.48. The third-order valence-corrected chi connectivity index (χ3v) is 4.48. The lowest BCUT2D eigenvalue weighted by Crippen LogP contribution is -2.35. The van der Waals surface area contributed by atoms with Gasteiger partial charge in [0.2, 0.25) is 5.91 Å². The normalized spacial score (nSPS) is 27.0. The lowest BCUT2D eigenvalue weighted by Gasteiger charge is -2.16. The molecule has 120 valence electrons. The molecule has 3 atom stereocenters. The molecule has 0 aliphatic carbocycles. The molecular weight excluding hydrogens is 292 g/mol. The van der Waals surface area contributed by atoms with Gasteiger partial charge in [-0.1, -0.05) is 11.6 Å². The number of aromatic amines is 1. The number of rotatable bonds is 5. The molecule has 0 bridgehead atoms. The number of H-pyrrole nitrogens is 1. The van der Waals surface area contributed by atoms with E-state index in [9.17, 15) is 14.4 Å². The van der Waals surface area contributed by atoms with E-state index in [-0.39, 0.29) is 23.8 Å². The number of hydrogen-bond donors (Lipinski definition) is 3. The van der Waals surface area contributed by atoms with Crippen molar-refractivity contribution in [2.75, 3.05) is 13.1 Å². The van der Waals surface area contributed by atoms with Crippen LogP contribution in [0.15, 0.2) is 9.32 Å². The van der Waals surface area contributed by atoms with Gasteiger partial charge in [-0.25, -0.2) is 9.59 Å². The number of nitrogens with one attached hydrogen (secondary N) is 2. The second-order valence-electron chi connectivity index (χ2n) is 5.86. The maximum absolute atomic E-state index is 12.0. The van der Waals surface area contributed by atoms with Crippen molar-refractivity contribution < 1.29 is 19.2 Å². The number of carbonyl (C=O) groups excluding carboxylic acids is 1. The van der Waals surface area contributed by atoms with Gasteiger partial charge in [-0.15, -0.1) is 0 Å². The van der Waals surface area contributed by atoms with Gasteiger partial charge in [0, 0.05) is 31.3 Å². The van der Waals surface area contributed by atoms with Crippen molar-refractivity contribution in [3.8, 4) is 0 Å². The Kier molecular flexibility index (Phi) is 3.86. The van der Waals surface area contributed by atoms with Crippen LogP contribution in [0.3, 0.4) is 0 Å². The van der Waals surface area contributed by atoms with E-state index in [2.05, 4.69) is 20.0 Å². The molecule has 9 nitrogen and oxygen atoms in total. The molecule has 1 aromatic rings. The largest absolute Gasteiger partial charge is 0.465 e. The highest BCUT2D eigenvalue weighted by Crippen LogP contribution is 2.33. The molecule has 2 aliphatic rings. The first-order chi connectivity index (χ1) is 10.5. The van der Waals surface area contributed by atoms with Crippen molar-refractivity contribution in [3.05, 3.63) is 16.4 Å². The molecule has 2 aliphatic heterocycles. The van der Waals surface area contributed by atoms with Gasteiger partial charge >= 0.3 is 11.8 Å². The highest BCUT2D eigenvalue weighted by molar-refractivity contribution is 5.82. The lowest BCUT2D eigenvalue weighted by atomic mass is 9.88. The summed E-state index contributed by atoms with van der Waals surface area (Å²) < 4.78 is 4.42. The zero-order chi connectivity index (χ0) is 15.7. The average Bonchev–Trinajstić information content (AvgIpc) is 3.11. The van der Waals surface area contributed by atoms with Gasteiger partial charge in [0.05, 0.1) is 6.04 Å². The summed E-state index contributed by atoms with van der Waals surface area (Å²) in [4.78, 5) is 37.6. The minimum absolute atomic E-state index is 0.0230. The summed E-state index contributed by atoms with van der Waals surface area (Å²) >= 11 is 0. The number of carbonyl (C=O) groups is 2. The number of likely N-dealkylation sites (tertiary alicyclic amines) is 1. The van der Waals surface area contributed by atoms with Crippen molar-refractivity contribution in [2.45, 2.75) is 31.7 Å². The SMILES string of the molecule is O=C1N[C@@H]2CN(C(=O)O)C[C@H]2[C@H]1CCCCc1noc(=O)[nH]1. The Labute approximate surface area is 125 Å². The molecule has 0 spiro atoms. The van der Waals surface area contributed by atoms with Crippen LogP contribution < -0.4 is 11.1 Å². The Morgan fingerprint density at radius 2 is 2.18 bits per heavy atom. The number of carboxylic acid groups (broad SMARTS) is 1. The fraction of sp³-hybridized carbons (Fsp3) is 0.692. The summed E-state index contributed by atoms with van der Waals surface area (Å²) in [6.45, 7) is 0.794. The number of hydrogen-bond acceptors (Lipinski definition) is 5. The maximum Gasteiger partial charge on any atom is 0.438 e. The van der Waals surface area contributed by atoms with Gasteiger partial charge in [0.15, 0.2) is 5.82 Å². The van der Waals surface area contributed by atoms with Gasteiger partial charge in [-0.05, 0) is 12.8 Å². The number of aromatic nitrogens is 2. The highest BCUT2D eigenvalue weighted by atomic mass is 16.5. The van der Waals surface area contributed by atoms with Gasteiger partial charge in [0.25, 0.3) is 0 Å². The fourth-order valence-electron chi connectivity index (χ4n) is 3.40. The predicted molar refractivity (Wildman–Crippen MR) is 73.2 cm³/mol. The molecule has 2 amide bonds. The molecule has 2 saturated heterocycles. The molecule has 3 rings (SSSR count). The summed E-state index contributed by atoms with van der Waals surface area (Å²) in [5.41, 5.74) is 0. The van der Waals surface area contributed by atoms with E-state index in [4.69, 9.17) is 5.11 Å². The van der Waals surface area contributed by atoms with Crippen LogP contribution in [0.4, 0.5) is 4.79 Å². The number of fused-ring (bicyclic) bond motifs is 1. The zero-order valence-electron chi connectivity index (χ0n) is 11.9. The first-order valence-electron chi connectivity index (χ1n) is 7.37. The first-order valence-corrected chi connectivity index (χ1v) is 7.37. The monoisotopic (exact) mass is 310 g/mol. The minimum atomic E-state index is -0.933. The Bertz CT molecular complexity index is 624. The van der Waals surface area contributed by atoms with Crippen LogP contribution in [0, 0.1) is 11.8 Å². The fourth-order valence-corrected chi connectivity index (χ4v) is 3.40. The van der Waals surface area contributed by atoms with Crippen LogP contribution in [-0.2, 0) is 11.2 Å². The van der Waals surface area contributed by atoms with Crippen LogP contribution in [-0.4, -0.2) is 51.3 Å².